The van der Waals surface area contributed by atoms with Crippen molar-refractivity contribution in [2.45, 2.75) is 30.8 Å². The van der Waals surface area contributed by atoms with Crippen molar-refractivity contribution in [3.63, 3.8) is 0 Å². The lowest BCUT2D eigenvalue weighted by Crippen LogP contribution is -2.37. The van der Waals surface area contributed by atoms with Crippen molar-refractivity contribution in [3.05, 3.63) is 59.7 Å². The minimum absolute atomic E-state index is 0.153. The Morgan fingerprint density at radius 2 is 2.17 bits per heavy atom. The molecule has 5 heteroatoms. The first-order valence-corrected chi connectivity index (χ1v) is 9.24. The summed E-state index contributed by atoms with van der Waals surface area (Å²) in [5.74, 6) is 2.48. The van der Waals surface area contributed by atoms with Crippen LogP contribution in [-0.4, -0.2) is 18.3 Å². The number of ether oxygens (including phenoxy) is 1. The summed E-state index contributed by atoms with van der Waals surface area (Å²) in [5, 5.41) is 3.33. The summed E-state index contributed by atoms with van der Waals surface area (Å²) >= 11 is 1.84. The smallest absolute Gasteiger partial charge is 0.189 e. The third kappa shape index (κ3) is 4.23. The molecule has 0 bridgehead atoms. The number of nitrogens with one attached hydrogen (secondary N) is 1. The highest BCUT2D eigenvalue weighted by atomic mass is 32.2. The van der Waals surface area contributed by atoms with Gasteiger partial charge in [0.15, 0.2) is 5.96 Å². The zero-order valence-corrected chi connectivity index (χ0v) is 14.7. The van der Waals surface area contributed by atoms with Gasteiger partial charge in [-0.15, -0.1) is 11.8 Å². The van der Waals surface area contributed by atoms with Crippen LogP contribution in [0.5, 0.6) is 5.75 Å². The maximum Gasteiger partial charge on any atom is 0.189 e. The molecule has 0 aliphatic carbocycles. The fourth-order valence-electron chi connectivity index (χ4n) is 2.79. The molecule has 0 fully saturated rings. The van der Waals surface area contributed by atoms with Gasteiger partial charge in [-0.1, -0.05) is 37.3 Å². The van der Waals surface area contributed by atoms with Crippen molar-refractivity contribution in [1.82, 2.24) is 5.32 Å². The third-order valence-corrected chi connectivity index (χ3v) is 4.80. The Kier molecular flexibility index (Phi) is 5.64. The van der Waals surface area contributed by atoms with E-state index in [1.54, 1.807) is 0 Å². The third-order valence-electron chi connectivity index (χ3n) is 3.92. The Balaban J connectivity index is 1.64. The average Bonchev–Trinajstić information content (AvgIpc) is 2.61. The van der Waals surface area contributed by atoms with E-state index in [9.17, 15) is 0 Å². The van der Waals surface area contributed by atoms with Gasteiger partial charge in [-0.3, -0.25) is 0 Å². The van der Waals surface area contributed by atoms with Crippen LogP contribution in [0.15, 0.2) is 58.4 Å². The van der Waals surface area contributed by atoms with Crippen LogP contribution in [0.4, 0.5) is 0 Å². The van der Waals surface area contributed by atoms with E-state index in [2.05, 4.69) is 47.6 Å². The molecule has 1 unspecified atom stereocenters. The van der Waals surface area contributed by atoms with Crippen LogP contribution < -0.4 is 15.8 Å². The van der Waals surface area contributed by atoms with Crippen molar-refractivity contribution < 1.29 is 4.74 Å². The van der Waals surface area contributed by atoms with Gasteiger partial charge in [0, 0.05) is 16.9 Å². The van der Waals surface area contributed by atoms with E-state index in [0.29, 0.717) is 19.1 Å². The second-order valence-corrected chi connectivity index (χ2v) is 6.99. The maximum absolute atomic E-state index is 6.10. The first kappa shape index (κ1) is 16.7. The number of hydrogen-bond acceptors (Lipinski definition) is 3. The number of para-hydroxylation sites is 1. The number of nitrogens with zero attached hydrogens (tertiary/aromatic N) is 1. The molecule has 3 N–H and O–H groups in total. The molecule has 0 spiro atoms. The van der Waals surface area contributed by atoms with Crippen molar-refractivity contribution in [2.75, 3.05) is 12.4 Å². The molecule has 0 saturated carbocycles. The Morgan fingerprint density at radius 1 is 1.29 bits per heavy atom. The van der Waals surface area contributed by atoms with Gasteiger partial charge in [0.25, 0.3) is 0 Å². The molecule has 1 heterocycles. The molecule has 1 aliphatic rings. The molecule has 126 valence electrons. The number of guanidine groups is 1. The number of fused-ring (bicyclic) bond motifs is 1. The van der Waals surface area contributed by atoms with Crippen LogP contribution in [0.3, 0.4) is 0 Å². The molecule has 24 heavy (non-hydrogen) atoms. The fraction of sp³-hybridized carbons (Fsp3) is 0.316. The molecular weight excluding hydrogens is 318 g/mol. The molecule has 0 amide bonds. The lowest BCUT2D eigenvalue weighted by Gasteiger charge is -2.26. The highest BCUT2D eigenvalue weighted by Crippen LogP contribution is 2.31. The molecule has 2 aromatic rings. The van der Waals surface area contributed by atoms with E-state index in [1.807, 2.05) is 30.0 Å². The van der Waals surface area contributed by atoms with Gasteiger partial charge in [0.05, 0.1) is 19.2 Å². The molecule has 4 nitrogen and oxygen atoms in total. The summed E-state index contributed by atoms with van der Waals surface area (Å²) in [4.78, 5) is 5.77. The van der Waals surface area contributed by atoms with Crippen LogP contribution in [0.2, 0.25) is 0 Å². The van der Waals surface area contributed by atoms with Gasteiger partial charge in [-0.2, -0.15) is 0 Å². The Morgan fingerprint density at radius 3 is 3.04 bits per heavy atom. The Labute approximate surface area is 147 Å². The van der Waals surface area contributed by atoms with Gasteiger partial charge >= 0.3 is 0 Å². The fourth-order valence-corrected chi connectivity index (χ4v) is 3.54. The predicted molar refractivity (Wildman–Crippen MR) is 101 cm³/mol. The maximum atomic E-state index is 6.10. The Hall–Kier alpha value is -2.14. The van der Waals surface area contributed by atoms with E-state index < -0.39 is 0 Å². The highest BCUT2D eigenvalue weighted by molar-refractivity contribution is 7.99. The SMILES string of the molecule is CCSc1cccc(CN=C(N)NC2CCOc3ccccc32)c1. The summed E-state index contributed by atoms with van der Waals surface area (Å²) in [6.45, 7) is 3.43. The summed E-state index contributed by atoms with van der Waals surface area (Å²) in [5.41, 5.74) is 8.41. The van der Waals surface area contributed by atoms with Gasteiger partial charge in [-0.05, 0) is 29.5 Å². The van der Waals surface area contributed by atoms with Crippen molar-refractivity contribution in [3.8, 4) is 5.75 Å². The van der Waals surface area contributed by atoms with E-state index in [0.717, 1.165) is 23.5 Å². The van der Waals surface area contributed by atoms with Gasteiger partial charge in [0.1, 0.15) is 5.75 Å². The van der Waals surface area contributed by atoms with E-state index in [4.69, 9.17) is 10.5 Å². The van der Waals surface area contributed by atoms with Gasteiger partial charge < -0.3 is 15.8 Å². The quantitative estimate of drug-likeness (QED) is 0.494. The number of hydrogen-bond donors (Lipinski definition) is 2. The van der Waals surface area contributed by atoms with Crippen molar-refractivity contribution >= 4 is 17.7 Å². The topological polar surface area (TPSA) is 59.6 Å². The van der Waals surface area contributed by atoms with E-state index in [1.165, 1.54) is 10.5 Å². The molecule has 1 atom stereocenters. The van der Waals surface area contributed by atoms with Crippen LogP contribution in [0, 0.1) is 0 Å². The molecular formula is C19H23N3OS. The van der Waals surface area contributed by atoms with Gasteiger partial charge in [0.2, 0.25) is 0 Å². The zero-order valence-electron chi connectivity index (χ0n) is 13.9. The molecule has 0 saturated heterocycles. The predicted octanol–water partition coefficient (Wildman–Crippen LogP) is 3.73. The first-order chi connectivity index (χ1) is 11.8. The summed E-state index contributed by atoms with van der Waals surface area (Å²) < 4.78 is 5.68. The lowest BCUT2D eigenvalue weighted by molar-refractivity contribution is 0.262. The van der Waals surface area contributed by atoms with Crippen LogP contribution in [-0.2, 0) is 6.54 Å². The minimum Gasteiger partial charge on any atom is -0.493 e. The zero-order chi connectivity index (χ0) is 16.8. The number of rotatable bonds is 5. The van der Waals surface area contributed by atoms with Crippen molar-refractivity contribution in [1.29, 1.82) is 0 Å². The average molecular weight is 341 g/mol. The monoisotopic (exact) mass is 341 g/mol. The van der Waals surface area contributed by atoms with E-state index >= 15 is 0 Å². The highest BCUT2D eigenvalue weighted by Gasteiger charge is 2.21. The molecule has 0 radical (unpaired) electrons. The van der Waals surface area contributed by atoms with Crippen LogP contribution >= 0.6 is 11.8 Å². The molecule has 2 aromatic carbocycles. The second kappa shape index (κ2) is 8.11. The number of benzene rings is 2. The summed E-state index contributed by atoms with van der Waals surface area (Å²) in [7, 11) is 0. The van der Waals surface area contributed by atoms with Crippen molar-refractivity contribution in [2.24, 2.45) is 10.7 Å². The number of aliphatic imine (C=N–C) groups is 1. The number of nitrogens with two attached hydrogens (primary N) is 1. The number of thioether (sulfide) groups is 1. The summed E-state index contributed by atoms with van der Waals surface area (Å²) in [6, 6.07) is 16.7. The standard InChI is InChI=1S/C19H23N3OS/c1-2-24-15-7-5-6-14(12-15)13-21-19(20)22-17-10-11-23-18-9-4-3-8-16(17)18/h3-9,12,17H,2,10-11,13H2,1H3,(H3,20,21,22). The molecule has 3 rings (SSSR count). The lowest BCUT2D eigenvalue weighted by atomic mass is 10.0. The van der Waals surface area contributed by atoms with Crippen LogP contribution in [0.1, 0.15) is 30.5 Å². The summed E-state index contributed by atoms with van der Waals surface area (Å²) in [6.07, 6.45) is 0.885. The molecule has 1 aliphatic heterocycles. The normalized spacial score (nSPS) is 17.0. The van der Waals surface area contributed by atoms with Gasteiger partial charge in [-0.25, -0.2) is 4.99 Å². The minimum atomic E-state index is 0.153. The Bertz CT molecular complexity index is 717. The largest absolute Gasteiger partial charge is 0.493 e. The first-order valence-electron chi connectivity index (χ1n) is 8.26. The van der Waals surface area contributed by atoms with Crippen LogP contribution in [0.25, 0.3) is 0 Å². The second-order valence-electron chi connectivity index (χ2n) is 5.65. The molecule has 0 aromatic heterocycles. The van der Waals surface area contributed by atoms with E-state index in [-0.39, 0.29) is 6.04 Å².